The molecular weight excluding hydrogens is 489 g/mol. The molecule has 1 aromatic carbocycles. The molecule has 1 N–H and O–H groups in total. The fraction of sp³-hybridized carbons (Fsp3) is 0.423. The molecule has 1 aliphatic rings. The Hall–Kier alpha value is -3.07. The number of nitrogens with zero attached hydrogens (tertiary/aromatic N) is 5. The summed E-state index contributed by atoms with van der Waals surface area (Å²) in [6.45, 7) is 7.72. The van der Waals surface area contributed by atoms with Crippen molar-refractivity contribution in [1.29, 1.82) is 0 Å². The second kappa shape index (κ2) is 8.80. The minimum Gasteiger partial charge on any atom is -0.370 e. The number of fused-ring (bicyclic) bond motifs is 1. The zero-order chi connectivity index (χ0) is 25.8. The van der Waals surface area contributed by atoms with Crippen LogP contribution in [0.3, 0.4) is 0 Å². The number of hydrogen-bond donors (Lipinski definition) is 1. The maximum absolute atomic E-state index is 13.8. The number of rotatable bonds is 3. The summed E-state index contributed by atoms with van der Waals surface area (Å²) in [4.78, 5) is 14.9. The molecule has 4 heterocycles. The van der Waals surface area contributed by atoms with Crippen molar-refractivity contribution in [2.75, 3.05) is 18.0 Å². The van der Waals surface area contributed by atoms with E-state index >= 15 is 0 Å². The van der Waals surface area contributed by atoms with Gasteiger partial charge in [0.05, 0.1) is 27.7 Å². The number of hydrogen-bond acceptors (Lipinski definition) is 4. The number of alkyl halides is 3. The summed E-state index contributed by atoms with van der Waals surface area (Å²) >= 11 is 6.76. The Morgan fingerprint density at radius 2 is 1.69 bits per heavy atom. The maximum Gasteiger partial charge on any atom is 0.417 e. The van der Waals surface area contributed by atoms with Gasteiger partial charge in [0.1, 0.15) is 11.2 Å². The van der Waals surface area contributed by atoms with Gasteiger partial charge < -0.3 is 9.88 Å². The first kappa shape index (κ1) is 24.6. The Kier molecular flexibility index (Phi) is 6.01. The van der Waals surface area contributed by atoms with Crippen LogP contribution >= 0.6 is 11.6 Å². The average molecular weight is 517 g/mol. The normalized spacial score (nSPS) is 15.2. The first-order valence-electron chi connectivity index (χ1n) is 12.0. The number of pyridine rings is 1. The Balaban J connectivity index is 1.73. The van der Waals surface area contributed by atoms with Crippen molar-refractivity contribution >= 4 is 28.5 Å². The predicted molar refractivity (Wildman–Crippen MR) is 136 cm³/mol. The van der Waals surface area contributed by atoms with Gasteiger partial charge >= 0.3 is 6.18 Å². The van der Waals surface area contributed by atoms with E-state index < -0.39 is 11.7 Å². The molecule has 36 heavy (non-hydrogen) atoms. The Morgan fingerprint density at radius 1 is 1.00 bits per heavy atom. The zero-order valence-corrected chi connectivity index (χ0v) is 21.4. The van der Waals surface area contributed by atoms with Crippen LogP contribution in [-0.4, -0.2) is 37.8 Å². The standard InChI is InChI=1S/C26H28ClF3N6/c1-25(2,3)22-19(27)21(35(4)34-22)24-32-20-18(36-12-8-5-9-13-36)14-17(31-23(20)33-24)15-10-6-7-11-16(15)26(28,29)30/h6-7,10-11,14H,5,8-9,12-13H2,1-4H3,(H,31,32,33). The molecule has 0 bridgehead atoms. The van der Waals surface area contributed by atoms with Crippen molar-refractivity contribution in [2.24, 2.45) is 7.05 Å². The van der Waals surface area contributed by atoms with E-state index in [-0.39, 0.29) is 16.7 Å². The molecule has 190 valence electrons. The molecule has 3 aromatic heterocycles. The van der Waals surface area contributed by atoms with Crippen molar-refractivity contribution in [2.45, 2.75) is 51.6 Å². The van der Waals surface area contributed by atoms with E-state index in [4.69, 9.17) is 16.6 Å². The van der Waals surface area contributed by atoms with Gasteiger partial charge in [0, 0.05) is 31.1 Å². The van der Waals surface area contributed by atoms with Crippen molar-refractivity contribution < 1.29 is 13.2 Å². The average Bonchev–Trinajstić information content (AvgIpc) is 3.38. The second-order valence-corrected chi connectivity index (χ2v) is 10.7. The second-order valence-electron chi connectivity index (χ2n) is 10.3. The van der Waals surface area contributed by atoms with Gasteiger partial charge in [-0.1, -0.05) is 50.6 Å². The van der Waals surface area contributed by atoms with Crippen LogP contribution in [0.5, 0.6) is 0 Å². The molecule has 4 aromatic rings. The van der Waals surface area contributed by atoms with E-state index in [1.807, 2.05) is 20.8 Å². The molecular formula is C26H28ClF3N6. The van der Waals surface area contributed by atoms with Gasteiger partial charge in [-0.15, -0.1) is 0 Å². The summed E-state index contributed by atoms with van der Waals surface area (Å²) in [6, 6.07) is 7.27. The van der Waals surface area contributed by atoms with Gasteiger partial charge in [-0.25, -0.2) is 9.97 Å². The number of halogens is 4. The lowest BCUT2D eigenvalue weighted by molar-refractivity contribution is -0.137. The van der Waals surface area contributed by atoms with Crippen LogP contribution in [0.2, 0.25) is 5.02 Å². The summed E-state index contributed by atoms with van der Waals surface area (Å²) < 4.78 is 43.2. The molecule has 0 amide bonds. The van der Waals surface area contributed by atoms with Crippen LogP contribution in [0.1, 0.15) is 51.3 Å². The fourth-order valence-corrected chi connectivity index (χ4v) is 5.33. The Bertz CT molecular complexity index is 1420. The summed E-state index contributed by atoms with van der Waals surface area (Å²) in [5.41, 5.74) is 2.44. The number of imidazole rings is 1. The number of aromatic amines is 1. The molecule has 0 saturated carbocycles. The lowest BCUT2D eigenvalue weighted by Gasteiger charge is -2.29. The van der Waals surface area contributed by atoms with Crippen LogP contribution in [-0.2, 0) is 18.6 Å². The Labute approximate surface area is 212 Å². The molecule has 0 spiro atoms. The van der Waals surface area contributed by atoms with Gasteiger partial charge in [-0.3, -0.25) is 4.68 Å². The topological polar surface area (TPSA) is 62.6 Å². The minimum absolute atomic E-state index is 0.0308. The molecule has 0 atom stereocenters. The van der Waals surface area contributed by atoms with E-state index in [1.54, 1.807) is 23.9 Å². The largest absolute Gasteiger partial charge is 0.417 e. The maximum atomic E-state index is 13.8. The highest BCUT2D eigenvalue weighted by Gasteiger charge is 2.34. The molecule has 0 radical (unpaired) electrons. The van der Waals surface area contributed by atoms with Crippen LogP contribution in [0, 0.1) is 0 Å². The van der Waals surface area contributed by atoms with Crippen molar-refractivity contribution in [3.8, 4) is 22.8 Å². The SMILES string of the molecule is Cn1nc(C(C)(C)C)c(Cl)c1-c1nc2nc(-c3ccccc3C(F)(F)F)cc(N3CCCCC3)c2[nH]1. The van der Waals surface area contributed by atoms with Gasteiger partial charge in [0.15, 0.2) is 11.5 Å². The third-order valence-electron chi connectivity index (χ3n) is 6.57. The molecule has 1 saturated heterocycles. The molecule has 1 aliphatic heterocycles. The van der Waals surface area contributed by atoms with E-state index in [9.17, 15) is 13.2 Å². The van der Waals surface area contributed by atoms with Gasteiger partial charge in [-0.2, -0.15) is 18.3 Å². The number of aryl methyl sites for hydroxylation is 1. The van der Waals surface area contributed by atoms with Crippen molar-refractivity contribution in [1.82, 2.24) is 24.7 Å². The smallest absolute Gasteiger partial charge is 0.370 e. The minimum atomic E-state index is -4.50. The molecule has 10 heteroatoms. The van der Waals surface area contributed by atoms with E-state index in [2.05, 4.69) is 20.0 Å². The number of anilines is 1. The summed E-state index contributed by atoms with van der Waals surface area (Å²) in [7, 11) is 1.80. The summed E-state index contributed by atoms with van der Waals surface area (Å²) in [6.07, 6.45) is -1.34. The van der Waals surface area contributed by atoms with E-state index in [0.29, 0.717) is 27.7 Å². The lowest BCUT2D eigenvalue weighted by Crippen LogP contribution is -2.29. The summed E-state index contributed by atoms with van der Waals surface area (Å²) in [5.74, 6) is 0.479. The quantitative estimate of drug-likeness (QED) is 0.319. The molecule has 5 rings (SSSR count). The van der Waals surface area contributed by atoms with Gasteiger partial charge in [0.2, 0.25) is 0 Å². The van der Waals surface area contributed by atoms with Crippen molar-refractivity contribution in [3.63, 3.8) is 0 Å². The van der Waals surface area contributed by atoms with Crippen molar-refractivity contribution in [3.05, 3.63) is 46.6 Å². The fourth-order valence-electron chi connectivity index (χ4n) is 4.79. The number of piperidine rings is 1. The first-order valence-corrected chi connectivity index (χ1v) is 12.4. The number of aromatic nitrogens is 5. The third-order valence-corrected chi connectivity index (χ3v) is 6.93. The van der Waals surface area contributed by atoms with E-state index in [0.717, 1.165) is 49.8 Å². The number of H-pyrrole nitrogens is 1. The third kappa shape index (κ3) is 4.34. The number of nitrogens with one attached hydrogen (secondary N) is 1. The molecule has 0 unspecified atom stereocenters. The van der Waals surface area contributed by atoms with Gasteiger partial charge in [0.25, 0.3) is 0 Å². The van der Waals surface area contributed by atoms with Crippen LogP contribution in [0.4, 0.5) is 18.9 Å². The monoisotopic (exact) mass is 516 g/mol. The highest BCUT2D eigenvalue weighted by atomic mass is 35.5. The molecule has 6 nitrogen and oxygen atoms in total. The highest BCUT2D eigenvalue weighted by molar-refractivity contribution is 6.33. The zero-order valence-electron chi connectivity index (χ0n) is 20.7. The highest BCUT2D eigenvalue weighted by Crippen LogP contribution is 2.40. The Morgan fingerprint density at radius 3 is 2.33 bits per heavy atom. The first-order chi connectivity index (χ1) is 16.9. The van der Waals surface area contributed by atoms with E-state index in [1.165, 1.54) is 12.1 Å². The number of benzene rings is 1. The molecule has 0 aliphatic carbocycles. The van der Waals surface area contributed by atoms with Crippen LogP contribution < -0.4 is 4.90 Å². The molecule has 1 fully saturated rings. The predicted octanol–water partition coefficient (Wildman–Crippen LogP) is 6.99. The van der Waals surface area contributed by atoms with Crippen LogP contribution in [0.15, 0.2) is 30.3 Å². The van der Waals surface area contributed by atoms with Crippen LogP contribution in [0.25, 0.3) is 33.9 Å². The summed E-state index contributed by atoms with van der Waals surface area (Å²) in [5, 5.41) is 5.10. The van der Waals surface area contributed by atoms with Gasteiger partial charge in [-0.05, 0) is 31.4 Å². The lowest BCUT2D eigenvalue weighted by atomic mass is 9.92.